The van der Waals surface area contributed by atoms with Gasteiger partial charge < -0.3 is 5.73 Å². The average molecular weight is 373 g/mol. The summed E-state index contributed by atoms with van der Waals surface area (Å²) in [5, 5.41) is 0. The van der Waals surface area contributed by atoms with Crippen molar-refractivity contribution in [3.05, 3.63) is 71.5 Å². The van der Waals surface area contributed by atoms with E-state index in [4.69, 9.17) is 5.73 Å². The Hall–Kier alpha value is -1.47. The van der Waals surface area contributed by atoms with Gasteiger partial charge in [-0.1, -0.05) is 42.5 Å². The van der Waals surface area contributed by atoms with E-state index in [1.54, 1.807) is 0 Å². The van der Waals surface area contributed by atoms with Crippen molar-refractivity contribution in [1.82, 2.24) is 4.31 Å². The molecule has 0 spiro atoms. The minimum absolute atomic E-state index is 0. The van der Waals surface area contributed by atoms with Crippen LogP contribution >= 0.6 is 12.4 Å². The molecule has 0 bridgehead atoms. The summed E-state index contributed by atoms with van der Waals surface area (Å²) in [6, 6.07) is 15.0. The molecule has 0 aliphatic carbocycles. The van der Waals surface area contributed by atoms with Crippen molar-refractivity contribution in [2.45, 2.75) is 18.7 Å². The molecular formula is C17H22ClFN2O2S. The molecule has 24 heavy (non-hydrogen) atoms. The molecule has 0 saturated heterocycles. The fraction of sp³-hybridized carbons (Fsp3) is 0.294. The van der Waals surface area contributed by atoms with Gasteiger partial charge >= 0.3 is 0 Å². The molecule has 4 nitrogen and oxygen atoms in total. The van der Waals surface area contributed by atoms with Crippen molar-refractivity contribution in [3.63, 3.8) is 0 Å². The molecule has 0 aliphatic heterocycles. The molecule has 2 aromatic carbocycles. The maximum Gasteiger partial charge on any atom is 0.218 e. The highest BCUT2D eigenvalue weighted by Gasteiger charge is 2.22. The molecule has 2 N–H and O–H groups in total. The molecule has 2 rings (SSSR count). The molecule has 0 fully saturated rings. The number of hydrogen-bond donors (Lipinski definition) is 1. The second-order valence-corrected chi connectivity index (χ2v) is 7.31. The smallest absolute Gasteiger partial charge is 0.218 e. The van der Waals surface area contributed by atoms with Crippen LogP contribution < -0.4 is 5.73 Å². The van der Waals surface area contributed by atoms with Gasteiger partial charge in [-0.05, 0) is 36.2 Å². The molecule has 0 atom stereocenters. The first-order chi connectivity index (χ1) is 11.0. The first-order valence-electron chi connectivity index (χ1n) is 7.47. The van der Waals surface area contributed by atoms with Crippen molar-refractivity contribution >= 4 is 22.4 Å². The minimum Gasteiger partial charge on any atom is -0.330 e. The van der Waals surface area contributed by atoms with Crippen LogP contribution in [0.3, 0.4) is 0 Å². The standard InChI is InChI=1S/C17H21FN2O2S.ClH/c18-17-9-7-16(8-10-17)14-23(21,22)20(12-4-11-19)13-15-5-2-1-3-6-15;/h1-3,5-10H,4,11-14,19H2;1H. The van der Waals surface area contributed by atoms with Crippen LogP contribution in [-0.2, 0) is 22.3 Å². The summed E-state index contributed by atoms with van der Waals surface area (Å²) in [7, 11) is -3.50. The van der Waals surface area contributed by atoms with E-state index in [1.165, 1.54) is 28.6 Å². The van der Waals surface area contributed by atoms with Crippen molar-refractivity contribution in [3.8, 4) is 0 Å². The first kappa shape index (κ1) is 20.6. The largest absolute Gasteiger partial charge is 0.330 e. The molecule has 2 aromatic rings. The van der Waals surface area contributed by atoms with Crippen LogP contribution in [0.15, 0.2) is 54.6 Å². The van der Waals surface area contributed by atoms with Crippen LogP contribution in [-0.4, -0.2) is 25.8 Å². The molecule has 0 amide bonds. The Morgan fingerprint density at radius 2 is 1.58 bits per heavy atom. The van der Waals surface area contributed by atoms with E-state index in [-0.39, 0.29) is 24.0 Å². The zero-order chi connectivity index (χ0) is 16.7. The molecule has 132 valence electrons. The fourth-order valence-corrected chi connectivity index (χ4v) is 3.80. The number of nitrogens with zero attached hydrogens (tertiary/aromatic N) is 1. The molecule has 0 radical (unpaired) electrons. The second-order valence-electron chi connectivity index (χ2n) is 5.34. The molecule has 0 unspecified atom stereocenters. The van der Waals surface area contributed by atoms with Crippen LogP contribution in [0.4, 0.5) is 4.39 Å². The Morgan fingerprint density at radius 3 is 2.17 bits per heavy atom. The Balaban J connectivity index is 0.00000288. The van der Waals surface area contributed by atoms with Crippen LogP contribution in [0.2, 0.25) is 0 Å². The zero-order valence-corrected chi connectivity index (χ0v) is 14.9. The summed E-state index contributed by atoms with van der Waals surface area (Å²) in [5.74, 6) is -0.527. The molecule has 0 heterocycles. The van der Waals surface area contributed by atoms with E-state index < -0.39 is 10.0 Å². The third-order valence-electron chi connectivity index (χ3n) is 3.47. The Morgan fingerprint density at radius 1 is 0.958 bits per heavy atom. The van der Waals surface area contributed by atoms with Crippen LogP contribution in [0.25, 0.3) is 0 Å². The van der Waals surface area contributed by atoms with E-state index in [0.29, 0.717) is 31.6 Å². The normalized spacial score (nSPS) is 11.3. The third kappa shape index (κ3) is 6.20. The minimum atomic E-state index is -3.50. The maximum atomic E-state index is 13.0. The van der Waals surface area contributed by atoms with Gasteiger partial charge in [0.2, 0.25) is 10.0 Å². The number of hydrogen-bond acceptors (Lipinski definition) is 3. The van der Waals surface area contributed by atoms with Crippen LogP contribution in [0, 0.1) is 5.82 Å². The SMILES string of the molecule is Cl.NCCCN(Cc1ccccc1)S(=O)(=O)Cc1ccc(F)cc1. The second kappa shape index (κ2) is 9.74. The molecule has 0 aromatic heterocycles. The van der Waals surface area contributed by atoms with Gasteiger partial charge in [-0.25, -0.2) is 12.8 Å². The van der Waals surface area contributed by atoms with Crippen molar-refractivity contribution in [2.75, 3.05) is 13.1 Å². The number of benzene rings is 2. The van der Waals surface area contributed by atoms with Crippen LogP contribution in [0.5, 0.6) is 0 Å². The summed E-state index contributed by atoms with van der Waals surface area (Å²) >= 11 is 0. The number of sulfonamides is 1. The lowest BCUT2D eigenvalue weighted by Crippen LogP contribution is -2.33. The van der Waals surface area contributed by atoms with Gasteiger partial charge in [0.05, 0.1) is 5.75 Å². The average Bonchev–Trinajstić information content (AvgIpc) is 2.54. The Bertz CT molecular complexity index is 709. The van der Waals surface area contributed by atoms with E-state index in [1.807, 2.05) is 30.3 Å². The fourth-order valence-electron chi connectivity index (χ4n) is 2.25. The summed E-state index contributed by atoms with van der Waals surface area (Å²) in [6.07, 6.45) is 0.593. The van der Waals surface area contributed by atoms with Crippen molar-refractivity contribution in [2.24, 2.45) is 5.73 Å². The first-order valence-corrected chi connectivity index (χ1v) is 9.08. The van der Waals surface area contributed by atoms with Gasteiger partial charge in [-0.3, -0.25) is 0 Å². The molecule has 7 heteroatoms. The predicted octanol–water partition coefficient (Wildman–Crippen LogP) is 2.93. The zero-order valence-electron chi connectivity index (χ0n) is 13.3. The van der Waals surface area contributed by atoms with Gasteiger partial charge in [0.25, 0.3) is 0 Å². The van der Waals surface area contributed by atoms with Gasteiger partial charge in [0, 0.05) is 13.1 Å². The van der Waals surface area contributed by atoms with E-state index in [0.717, 1.165) is 5.56 Å². The lowest BCUT2D eigenvalue weighted by Gasteiger charge is -2.22. The summed E-state index contributed by atoms with van der Waals surface area (Å²) in [6.45, 7) is 1.11. The lowest BCUT2D eigenvalue weighted by atomic mass is 10.2. The van der Waals surface area contributed by atoms with Gasteiger partial charge in [0.15, 0.2) is 0 Å². The third-order valence-corrected chi connectivity index (χ3v) is 5.27. The quantitative estimate of drug-likeness (QED) is 0.774. The monoisotopic (exact) mass is 372 g/mol. The van der Waals surface area contributed by atoms with Gasteiger partial charge in [-0.2, -0.15) is 4.31 Å². The molecular weight excluding hydrogens is 351 g/mol. The Labute approximate surface area is 148 Å². The van der Waals surface area contributed by atoms with E-state index in [9.17, 15) is 12.8 Å². The number of halogens is 2. The lowest BCUT2D eigenvalue weighted by molar-refractivity contribution is 0.401. The van der Waals surface area contributed by atoms with Crippen molar-refractivity contribution < 1.29 is 12.8 Å². The highest BCUT2D eigenvalue weighted by Crippen LogP contribution is 2.15. The highest BCUT2D eigenvalue weighted by atomic mass is 35.5. The van der Waals surface area contributed by atoms with Gasteiger partial charge in [-0.15, -0.1) is 12.4 Å². The van der Waals surface area contributed by atoms with Gasteiger partial charge in [0.1, 0.15) is 5.82 Å². The van der Waals surface area contributed by atoms with Crippen molar-refractivity contribution in [1.29, 1.82) is 0 Å². The number of nitrogens with two attached hydrogens (primary N) is 1. The predicted molar refractivity (Wildman–Crippen MR) is 96.8 cm³/mol. The Kier molecular flexibility index (Phi) is 8.35. The summed E-state index contributed by atoms with van der Waals surface area (Å²) in [5.41, 5.74) is 7.01. The summed E-state index contributed by atoms with van der Waals surface area (Å²) in [4.78, 5) is 0. The number of rotatable bonds is 8. The molecule has 0 aliphatic rings. The maximum absolute atomic E-state index is 13.0. The summed E-state index contributed by atoms with van der Waals surface area (Å²) < 4.78 is 39.8. The van der Waals surface area contributed by atoms with E-state index >= 15 is 0 Å². The van der Waals surface area contributed by atoms with E-state index in [2.05, 4.69) is 0 Å². The topological polar surface area (TPSA) is 63.4 Å². The van der Waals surface area contributed by atoms with Crippen LogP contribution in [0.1, 0.15) is 17.5 Å². The molecule has 0 saturated carbocycles. The highest BCUT2D eigenvalue weighted by molar-refractivity contribution is 7.88.